The minimum absolute atomic E-state index is 0.141. The molecule has 0 spiro atoms. The van der Waals surface area contributed by atoms with E-state index in [1.165, 1.54) is 17.7 Å². The minimum atomic E-state index is -0.663. The third-order valence-electron chi connectivity index (χ3n) is 7.23. The van der Waals surface area contributed by atoms with Gasteiger partial charge in [0.25, 0.3) is 5.91 Å². The summed E-state index contributed by atoms with van der Waals surface area (Å²) in [6.07, 6.45) is 2.57. The number of amides is 2. The van der Waals surface area contributed by atoms with Crippen molar-refractivity contribution in [2.45, 2.75) is 58.2 Å². The number of fused-ring (bicyclic) bond motifs is 1. The Balaban J connectivity index is 1.38. The third kappa shape index (κ3) is 5.68. The van der Waals surface area contributed by atoms with E-state index in [9.17, 15) is 14.0 Å². The normalized spacial score (nSPS) is 17.6. The molecule has 3 aromatic rings. The van der Waals surface area contributed by atoms with E-state index in [0.717, 1.165) is 41.5 Å². The Kier molecular flexibility index (Phi) is 7.26. The molecule has 0 radical (unpaired) electrons. The molecule has 1 fully saturated rings. The van der Waals surface area contributed by atoms with E-state index >= 15 is 0 Å². The van der Waals surface area contributed by atoms with Crippen molar-refractivity contribution in [3.63, 3.8) is 0 Å². The second kappa shape index (κ2) is 10.8. The number of hydrogen-bond donors (Lipinski definition) is 1. The zero-order valence-electron chi connectivity index (χ0n) is 21.4. The van der Waals surface area contributed by atoms with Crippen molar-refractivity contribution < 1.29 is 18.7 Å². The quantitative estimate of drug-likeness (QED) is 0.445. The van der Waals surface area contributed by atoms with Crippen LogP contribution in [-0.4, -0.2) is 29.4 Å². The molecule has 1 N–H and O–H groups in total. The van der Waals surface area contributed by atoms with Gasteiger partial charge in [0.15, 0.2) is 6.10 Å². The first kappa shape index (κ1) is 25.0. The van der Waals surface area contributed by atoms with Crippen LogP contribution in [-0.2, 0) is 22.6 Å². The van der Waals surface area contributed by atoms with Crippen molar-refractivity contribution in [1.29, 1.82) is 0 Å². The van der Waals surface area contributed by atoms with Crippen molar-refractivity contribution in [3.05, 3.63) is 100 Å². The summed E-state index contributed by atoms with van der Waals surface area (Å²) in [7, 11) is 0. The molecule has 1 aliphatic carbocycles. The highest BCUT2D eigenvalue weighted by molar-refractivity contribution is 5.82. The molecular weight excluding hydrogens is 467 g/mol. The fourth-order valence-electron chi connectivity index (χ4n) is 5.06. The van der Waals surface area contributed by atoms with Crippen LogP contribution in [0.15, 0.2) is 66.7 Å². The smallest absolute Gasteiger partial charge is 0.261 e. The maximum Gasteiger partial charge on any atom is 0.261 e. The van der Waals surface area contributed by atoms with Crippen molar-refractivity contribution in [2.24, 2.45) is 5.92 Å². The van der Waals surface area contributed by atoms with Gasteiger partial charge < -0.3 is 15.0 Å². The molecule has 2 amide bonds. The predicted octanol–water partition coefficient (Wildman–Crippen LogP) is 5.49. The fourth-order valence-corrected chi connectivity index (χ4v) is 5.06. The predicted molar refractivity (Wildman–Crippen MR) is 141 cm³/mol. The number of ether oxygens (including phenoxy) is 1. The molecular formula is C31H33FN2O3. The van der Waals surface area contributed by atoms with Gasteiger partial charge in [0.05, 0.1) is 6.04 Å². The highest BCUT2D eigenvalue weighted by Crippen LogP contribution is 2.41. The lowest BCUT2D eigenvalue weighted by Crippen LogP contribution is -2.41. The number of benzene rings is 3. The Morgan fingerprint density at radius 2 is 1.86 bits per heavy atom. The zero-order valence-corrected chi connectivity index (χ0v) is 21.4. The van der Waals surface area contributed by atoms with Gasteiger partial charge in [-0.3, -0.25) is 9.59 Å². The summed E-state index contributed by atoms with van der Waals surface area (Å²) in [4.78, 5) is 28.2. The second-order valence-corrected chi connectivity index (χ2v) is 10.1. The summed E-state index contributed by atoms with van der Waals surface area (Å²) in [6.45, 7) is 4.98. The molecule has 0 aromatic heterocycles. The maximum absolute atomic E-state index is 13.3. The molecule has 5 rings (SSSR count). The second-order valence-electron chi connectivity index (χ2n) is 10.1. The van der Waals surface area contributed by atoms with Gasteiger partial charge in [-0.25, -0.2) is 4.39 Å². The number of halogens is 1. The molecule has 5 nitrogen and oxygen atoms in total. The Bertz CT molecular complexity index is 1290. The molecule has 2 aliphatic rings. The monoisotopic (exact) mass is 500 g/mol. The van der Waals surface area contributed by atoms with Gasteiger partial charge in [-0.15, -0.1) is 0 Å². The first-order chi connectivity index (χ1) is 17.9. The molecule has 0 bridgehead atoms. The van der Waals surface area contributed by atoms with E-state index in [1.807, 2.05) is 30.0 Å². The van der Waals surface area contributed by atoms with E-state index in [1.54, 1.807) is 12.1 Å². The summed E-state index contributed by atoms with van der Waals surface area (Å²) in [5.74, 6) is 0.461. The molecule has 0 saturated heterocycles. The lowest BCUT2D eigenvalue weighted by atomic mass is 9.87. The van der Waals surface area contributed by atoms with E-state index in [2.05, 4.69) is 36.5 Å². The van der Waals surface area contributed by atoms with Crippen LogP contribution in [0.3, 0.4) is 0 Å². The number of carbonyl (C=O) groups is 2. The summed E-state index contributed by atoms with van der Waals surface area (Å²) in [5.41, 5.74) is 5.33. The topological polar surface area (TPSA) is 58.6 Å². The molecule has 6 heteroatoms. The molecule has 2 atom stereocenters. The fraction of sp³-hybridized carbons (Fsp3) is 0.355. The number of nitrogens with one attached hydrogen (secondary N) is 1. The molecule has 192 valence electrons. The third-order valence-corrected chi connectivity index (χ3v) is 7.23. The van der Waals surface area contributed by atoms with E-state index < -0.39 is 6.10 Å². The highest BCUT2D eigenvalue weighted by Gasteiger charge is 2.39. The Morgan fingerprint density at radius 3 is 2.57 bits per heavy atom. The van der Waals surface area contributed by atoms with E-state index in [-0.39, 0.29) is 29.6 Å². The first-order valence-corrected chi connectivity index (χ1v) is 13.1. The lowest BCUT2D eigenvalue weighted by Gasteiger charge is -2.38. The van der Waals surface area contributed by atoms with Crippen LogP contribution in [0, 0.1) is 18.7 Å². The van der Waals surface area contributed by atoms with Crippen LogP contribution >= 0.6 is 0 Å². The van der Waals surface area contributed by atoms with Crippen LogP contribution in [0.5, 0.6) is 5.75 Å². The van der Waals surface area contributed by atoms with Gasteiger partial charge in [0.1, 0.15) is 11.6 Å². The van der Waals surface area contributed by atoms with E-state index in [4.69, 9.17) is 4.74 Å². The minimum Gasteiger partial charge on any atom is -0.481 e. The van der Waals surface area contributed by atoms with Gasteiger partial charge in [-0.05, 0) is 79.1 Å². The Labute approximate surface area is 217 Å². The average molecular weight is 501 g/mol. The molecule has 0 unspecified atom stereocenters. The lowest BCUT2D eigenvalue weighted by molar-refractivity contribution is -0.134. The van der Waals surface area contributed by atoms with Crippen molar-refractivity contribution >= 4 is 11.8 Å². The molecule has 1 heterocycles. The van der Waals surface area contributed by atoms with Gasteiger partial charge in [-0.1, -0.05) is 55.0 Å². The molecule has 1 saturated carbocycles. The number of hydrogen-bond acceptors (Lipinski definition) is 3. The Hall–Kier alpha value is -3.67. The SMILES string of the molecule is CC[C@H](Oc1ccc2c(c1)[C@H](c1cccc(C)c1)N(C(=O)C1CC1)CC2)C(=O)NCc1ccc(F)cc1. The molecule has 37 heavy (non-hydrogen) atoms. The van der Waals surface area contributed by atoms with Crippen LogP contribution in [0.4, 0.5) is 4.39 Å². The molecule has 3 aromatic carbocycles. The van der Waals surface area contributed by atoms with Gasteiger partial charge in [0.2, 0.25) is 5.91 Å². The van der Waals surface area contributed by atoms with Crippen LogP contribution in [0.25, 0.3) is 0 Å². The maximum atomic E-state index is 13.3. The largest absolute Gasteiger partial charge is 0.481 e. The zero-order chi connectivity index (χ0) is 25.9. The number of aryl methyl sites for hydroxylation is 1. The summed E-state index contributed by atoms with van der Waals surface area (Å²) in [6, 6.07) is 20.2. The van der Waals surface area contributed by atoms with Crippen molar-refractivity contribution in [3.8, 4) is 5.75 Å². The highest BCUT2D eigenvalue weighted by atomic mass is 19.1. The summed E-state index contributed by atoms with van der Waals surface area (Å²) < 4.78 is 19.4. The summed E-state index contributed by atoms with van der Waals surface area (Å²) in [5, 5.41) is 2.89. The van der Waals surface area contributed by atoms with Crippen LogP contribution in [0.2, 0.25) is 0 Å². The van der Waals surface area contributed by atoms with Gasteiger partial charge >= 0.3 is 0 Å². The van der Waals surface area contributed by atoms with Crippen molar-refractivity contribution in [1.82, 2.24) is 10.2 Å². The van der Waals surface area contributed by atoms with E-state index in [0.29, 0.717) is 25.3 Å². The Morgan fingerprint density at radius 1 is 1.08 bits per heavy atom. The standard InChI is InChI=1S/C31H33FN2O3/c1-3-28(30(35)33-19-21-7-12-25(32)13-8-21)37-26-14-11-22-15-16-34(31(36)23-9-10-23)29(27(22)18-26)24-6-4-5-20(2)17-24/h4-8,11-14,17-18,23,28-29H,3,9-10,15-16,19H2,1-2H3,(H,33,35)/t28-,29-/m0/s1. The van der Waals surface area contributed by atoms with Gasteiger partial charge in [0, 0.05) is 19.0 Å². The average Bonchev–Trinajstić information content (AvgIpc) is 3.76. The number of carbonyl (C=O) groups excluding carboxylic acids is 2. The van der Waals surface area contributed by atoms with Gasteiger partial charge in [-0.2, -0.15) is 0 Å². The molecule has 1 aliphatic heterocycles. The first-order valence-electron chi connectivity index (χ1n) is 13.1. The van der Waals surface area contributed by atoms with Crippen molar-refractivity contribution in [2.75, 3.05) is 6.54 Å². The number of rotatable bonds is 8. The number of nitrogens with zero attached hydrogens (tertiary/aromatic N) is 1. The van der Waals surface area contributed by atoms with Crippen LogP contribution in [0.1, 0.15) is 60.0 Å². The van der Waals surface area contributed by atoms with Crippen LogP contribution < -0.4 is 10.1 Å². The summed E-state index contributed by atoms with van der Waals surface area (Å²) >= 11 is 0.